The van der Waals surface area contributed by atoms with E-state index < -0.39 is 23.8 Å². The zero-order chi connectivity index (χ0) is 14.2. The molecule has 0 aromatic carbocycles. The SMILES string of the molecule is CN1CC(=O)N(CC(=O)N2CCC(C(=O)O)C2)C1=O. The van der Waals surface area contributed by atoms with Gasteiger partial charge in [0.2, 0.25) is 5.91 Å². The van der Waals surface area contributed by atoms with Crippen LogP contribution in [0.25, 0.3) is 0 Å². The van der Waals surface area contributed by atoms with Crippen LogP contribution in [0, 0.1) is 5.92 Å². The van der Waals surface area contributed by atoms with Gasteiger partial charge in [0.25, 0.3) is 5.91 Å². The van der Waals surface area contributed by atoms with Crippen molar-refractivity contribution >= 4 is 23.8 Å². The van der Waals surface area contributed by atoms with Crippen LogP contribution in [0.1, 0.15) is 6.42 Å². The predicted molar refractivity (Wildman–Crippen MR) is 62.1 cm³/mol. The van der Waals surface area contributed by atoms with Crippen LogP contribution in [0.3, 0.4) is 0 Å². The van der Waals surface area contributed by atoms with Gasteiger partial charge in [0.15, 0.2) is 0 Å². The molecule has 8 heteroatoms. The molecular formula is C11H15N3O5. The molecular weight excluding hydrogens is 254 g/mol. The van der Waals surface area contributed by atoms with Crippen molar-refractivity contribution in [3.05, 3.63) is 0 Å². The number of likely N-dealkylation sites (tertiary alicyclic amines) is 1. The molecule has 8 nitrogen and oxygen atoms in total. The van der Waals surface area contributed by atoms with Crippen LogP contribution in [0.2, 0.25) is 0 Å². The summed E-state index contributed by atoms with van der Waals surface area (Å²) in [5, 5.41) is 8.85. The minimum atomic E-state index is -0.927. The molecule has 0 saturated carbocycles. The average molecular weight is 269 g/mol. The molecule has 2 aliphatic rings. The topological polar surface area (TPSA) is 98.2 Å². The highest BCUT2D eigenvalue weighted by Crippen LogP contribution is 2.17. The van der Waals surface area contributed by atoms with Gasteiger partial charge in [-0.2, -0.15) is 0 Å². The summed E-state index contributed by atoms with van der Waals surface area (Å²) in [6.07, 6.45) is 0.406. The van der Waals surface area contributed by atoms with Gasteiger partial charge in [-0.3, -0.25) is 19.3 Å². The van der Waals surface area contributed by atoms with E-state index in [9.17, 15) is 19.2 Å². The monoisotopic (exact) mass is 269 g/mol. The first kappa shape index (κ1) is 13.3. The van der Waals surface area contributed by atoms with Gasteiger partial charge < -0.3 is 14.9 Å². The maximum Gasteiger partial charge on any atom is 0.327 e. The Balaban J connectivity index is 1.94. The Bertz CT molecular complexity index is 450. The molecule has 4 amide bonds. The number of amides is 4. The molecule has 1 atom stereocenters. The molecule has 2 saturated heterocycles. The number of urea groups is 1. The highest BCUT2D eigenvalue weighted by atomic mass is 16.4. The molecule has 2 aliphatic heterocycles. The van der Waals surface area contributed by atoms with Gasteiger partial charge in [-0.15, -0.1) is 0 Å². The minimum absolute atomic E-state index is 0.0239. The first-order valence-electron chi connectivity index (χ1n) is 5.96. The fraction of sp³-hybridized carbons (Fsp3) is 0.636. The number of likely N-dealkylation sites (N-methyl/N-ethyl adjacent to an activating group) is 1. The molecule has 19 heavy (non-hydrogen) atoms. The summed E-state index contributed by atoms with van der Waals surface area (Å²) in [7, 11) is 1.49. The fourth-order valence-corrected chi connectivity index (χ4v) is 2.25. The quantitative estimate of drug-likeness (QED) is 0.650. The number of nitrogens with zero attached hydrogens (tertiary/aromatic N) is 3. The summed E-state index contributed by atoms with van der Waals surface area (Å²) in [5.74, 6) is -2.28. The second-order valence-corrected chi connectivity index (χ2v) is 4.78. The van der Waals surface area contributed by atoms with Crippen LogP contribution in [0.15, 0.2) is 0 Å². The van der Waals surface area contributed by atoms with Crippen molar-refractivity contribution in [2.75, 3.05) is 33.2 Å². The summed E-state index contributed by atoms with van der Waals surface area (Å²) in [6, 6.07) is -0.493. The van der Waals surface area contributed by atoms with Crippen LogP contribution < -0.4 is 0 Å². The average Bonchev–Trinajstić information content (AvgIpc) is 2.91. The summed E-state index contributed by atoms with van der Waals surface area (Å²) >= 11 is 0. The molecule has 0 aromatic heterocycles. The molecule has 2 fully saturated rings. The zero-order valence-electron chi connectivity index (χ0n) is 10.5. The van der Waals surface area contributed by atoms with Crippen molar-refractivity contribution in [1.82, 2.24) is 14.7 Å². The van der Waals surface area contributed by atoms with E-state index >= 15 is 0 Å². The minimum Gasteiger partial charge on any atom is -0.481 e. The maximum absolute atomic E-state index is 11.9. The summed E-state index contributed by atoms with van der Waals surface area (Å²) < 4.78 is 0. The summed E-state index contributed by atoms with van der Waals surface area (Å²) in [6.45, 7) is 0.153. The van der Waals surface area contributed by atoms with Crippen LogP contribution in [-0.2, 0) is 14.4 Å². The van der Waals surface area contributed by atoms with Gasteiger partial charge in [0.1, 0.15) is 13.1 Å². The number of carboxylic acid groups (broad SMARTS) is 1. The summed E-state index contributed by atoms with van der Waals surface area (Å²) in [4.78, 5) is 49.4. The van der Waals surface area contributed by atoms with Crippen molar-refractivity contribution in [2.24, 2.45) is 5.92 Å². The molecule has 104 valence electrons. The second-order valence-electron chi connectivity index (χ2n) is 4.78. The van der Waals surface area contributed by atoms with Crippen LogP contribution in [0.4, 0.5) is 4.79 Å². The molecule has 0 aliphatic carbocycles. The lowest BCUT2D eigenvalue weighted by Gasteiger charge is -2.19. The Morgan fingerprint density at radius 2 is 2.05 bits per heavy atom. The molecule has 1 unspecified atom stereocenters. The maximum atomic E-state index is 11.9. The molecule has 1 N–H and O–H groups in total. The number of rotatable bonds is 3. The van der Waals surface area contributed by atoms with E-state index in [1.54, 1.807) is 0 Å². The van der Waals surface area contributed by atoms with E-state index in [1.165, 1.54) is 16.8 Å². The highest BCUT2D eigenvalue weighted by molar-refractivity contribution is 6.04. The lowest BCUT2D eigenvalue weighted by molar-refractivity contribution is -0.142. The first-order valence-corrected chi connectivity index (χ1v) is 5.96. The van der Waals surface area contributed by atoms with E-state index in [2.05, 4.69) is 0 Å². The number of carboxylic acids is 1. The van der Waals surface area contributed by atoms with Crippen molar-refractivity contribution < 1.29 is 24.3 Å². The molecule has 0 spiro atoms. The Morgan fingerprint density at radius 1 is 1.37 bits per heavy atom. The lowest BCUT2D eigenvalue weighted by Crippen LogP contribution is -2.42. The lowest BCUT2D eigenvalue weighted by atomic mass is 10.1. The number of carbonyl (C=O) groups is 4. The molecule has 0 bridgehead atoms. The van der Waals surface area contributed by atoms with Crippen molar-refractivity contribution in [1.29, 1.82) is 0 Å². The van der Waals surface area contributed by atoms with E-state index in [-0.39, 0.29) is 25.5 Å². The van der Waals surface area contributed by atoms with Crippen molar-refractivity contribution in [3.63, 3.8) is 0 Å². The molecule has 0 radical (unpaired) electrons. The van der Waals surface area contributed by atoms with Crippen LogP contribution in [-0.4, -0.2) is 76.8 Å². The third-order valence-electron chi connectivity index (χ3n) is 3.41. The Kier molecular flexibility index (Phi) is 3.41. The molecule has 0 aromatic rings. The van der Waals surface area contributed by atoms with Gasteiger partial charge in [0, 0.05) is 20.1 Å². The third kappa shape index (κ3) is 2.51. The Labute approximate surface area is 109 Å². The fourth-order valence-electron chi connectivity index (χ4n) is 2.25. The van der Waals surface area contributed by atoms with Crippen molar-refractivity contribution in [2.45, 2.75) is 6.42 Å². The largest absolute Gasteiger partial charge is 0.481 e. The van der Waals surface area contributed by atoms with E-state index in [1.807, 2.05) is 0 Å². The number of hydrogen-bond donors (Lipinski definition) is 1. The summed E-state index contributed by atoms with van der Waals surface area (Å²) in [5.41, 5.74) is 0. The third-order valence-corrected chi connectivity index (χ3v) is 3.41. The highest BCUT2D eigenvalue weighted by Gasteiger charge is 2.37. The first-order chi connectivity index (χ1) is 8.90. The van der Waals surface area contributed by atoms with E-state index in [4.69, 9.17) is 5.11 Å². The van der Waals surface area contributed by atoms with Crippen LogP contribution in [0.5, 0.6) is 0 Å². The number of imide groups is 1. The molecule has 2 rings (SSSR count). The van der Waals surface area contributed by atoms with Crippen molar-refractivity contribution in [3.8, 4) is 0 Å². The second kappa shape index (κ2) is 4.87. The predicted octanol–water partition coefficient (Wildman–Crippen LogP) is -1.19. The van der Waals surface area contributed by atoms with Crippen LogP contribution >= 0.6 is 0 Å². The van der Waals surface area contributed by atoms with E-state index in [0.29, 0.717) is 13.0 Å². The zero-order valence-corrected chi connectivity index (χ0v) is 10.5. The standard InChI is InChI=1S/C11H15N3O5/c1-12-5-9(16)14(11(12)19)6-8(15)13-3-2-7(4-13)10(17)18/h7H,2-6H2,1H3,(H,17,18). The van der Waals surface area contributed by atoms with Gasteiger partial charge in [-0.05, 0) is 6.42 Å². The van der Waals surface area contributed by atoms with Gasteiger partial charge in [-0.1, -0.05) is 0 Å². The Hall–Kier alpha value is -2.12. The normalized spacial score (nSPS) is 23.4. The van der Waals surface area contributed by atoms with E-state index in [0.717, 1.165) is 4.90 Å². The number of hydrogen-bond acceptors (Lipinski definition) is 4. The Morgan fingerprint density at radius 3 is 2.53 bits per heavy atom. The molecule has 2 heterocycles. The number of aliphatic carboxylic acids is 1. The van der Waals surface area contributed by atoms with Gasteiger partial charge in [-0.25, -0.2) is 4.79 Å². The number of carbonyl (C=O) groups excluding carboxylic acids is 3. The van der Waals surface area contributed by atoms with Gasteiger partial charge >= 0.3 is 12.0 Å². The smallest absolute Gasteiger partial charge is 0.327 e. The van der Waals surface area contributed by atoms with Gasteiger partial charge in [0.05, 0.1) is 5.92 Å².